The molecule has 0 aromatic rings. The Labute approximate surface area is 96.1 Å². The molecule has 0 radical (unpaired) electrons. The first-order chi connectivity index (χ1) is 5.18. The van der Waals surface area contributed by atoms with Crippen molar-refractivity contribution in [2.45, 2.75) is 64.9 Å². The van der Waals surface area contributed by atoms with Gasteiger partial charge in [-0.3, -0.25) is 0 Å². The summed E-state index contributed by atoms with van der Waals surface area (Å²) in [7, 11) is 0. The van der Waals surface area contributed by atoms with E-state index in [0.29, 0.717) is 0 Å². The van der Waals surface area contributed by atoms with Gasteiger partial charge < -0.3 is 7.96 Å². The second kappa shape index (κ2) is 8.33. The predicted molar refractivity (Wildman–Crippen MR) is 57.7 cm³/mol. The van der Waals surface area contributed by atoms with Crippen LogP contribution in [-0.2, 0) is 0 Å². The van der Waals surface area contributed by atoms with Crippen molar-refractivity contribution in [1.82, 2.24) is 0 Å². The molecule has 0 aliphatic rings. The molecule has 0 fully saturated rings. The van der Waals surface area contributed by atoms with E-state index >= 15 is 0 Å². The minimum absolute atomic E-state index is 0. The van der Waals surface area contributed by atoms with Crippen molar-refractivity contribution < 1.29 is 7.96 Å². The molecule has 0 amide bonds. The van der Waals surface area contributed by atoms with Crippen LogP contribution in [0.4, 0.5) is 0 Å². The summed E-state index contributed by atoms with van der Waals surface area (Å²) in [6.45, 7) is 6.37. The zero-order valence-electron chi connectivity index (χ0n) is 10.9. The molecule has 12 heavy (non-hydrogen) atoms. The first kappa shape index (κ1) is 15.2. The molecule has 0 aromatic carbocycles. The monoisotopic (exact) mass is 184 g/mol. The summed E-state index contributed by atoms with van der Waals surface area (Å²) >= 11 is 0. The summed E-state index contributed by atoms with van der Waals surface area (Å²) in [6, 6.07) is 0. The quantitative estimate of drug-likeness (QED) is 0.630. The molecule has 0 spiro atoms. The number of rotatable bonds is 6. The van der Waals surface area contributed by atoms with Gasteiger partial charge in [-0.1, -0.05) is 40.0 Å². The molecule has 1 nitrogen and oxygen atoms in total. The maximum Gasteiger partial charge on any atom is 2.00 e. The van der Waals surface area contributed by atoms with E-state index < -0.39 is 0 Å². The molecule has 1 unspecified atom stereocenters. The van der Waals surface area contributed by atoms with Crippen molar-refractivity contribution in [1.29, 1.82) is 0 Å². The predicted octanol–water partition coefficient (Wildman–Crippen LogP) is 2.96. The van der Waals surface area contributed by atoms with Crippen molar-refractivity contribution in [3.63, 3.8) is 0 Å². The number of unbranched alkanes of at least 4 members (excludes halogenated alkanes) is 1. The Morgan fingerprint density at radius 3 is 2.00 bits per heavy atom. The normalized spacial score (nSPS) is 15.0. The molecule has 0 saturated carbocycles. The molecule has 0 aliphatic heterocycles. The minimum Gasteiger partial charge on any atom is -1.00 e. The van der Waals surface area contributed by atoms with Gasteiger partial charge in [0.1, 0.15) is 0 Å². The molecule has 0 heterocycles. The third-order valence-corrected chi connectivity index (χ3v) is 2.37. The van der Waals surface area contributed by atoms with Crippen LogP contribution >= 0.6 is 0 Å². The molecular weight excluding hydrogens is 160 g/mol. The second-order valence-electron chi connectivity index (χ2n) is 3.43. The van der Waals surface area contributed by atoms with Crippen LogP contribution in [0.1, 0.15) is 62.1 Å². The maximum absolute atomic E-state index is 9.95. The molecule has 2 heteroatoms. The molecule has 0 aromatic heterocycles. The topological polar surface area (TPSA) is 20.2 Å². The van der Waals surface area contributed by atoms with E-state index in [2.05, 4.69) is 20.8 Å². The molecule has 0 rings (SSSR count). The Kier molecular flexibility index (Phi) is 10.6. The maximum atomic E-state index is 9.95. The fraction of sp³-hybridized carbons (Fsp3) is 1.00. The van der Waals surface area contributed by atoms with Crippen molar-refractivity contribution in [2.24, 2.45) is 0 Å². The van der Waals surface area contributed by atoms with Crippen molar-refractivity contribution in [3.05, 3.63) is 0 Å². The SMILES string of the molecule is CCCCC(O)(CC)CCC.[H-].[H-].[Mg+2]. The zero-order chi connectivity index (χ0) is 8.74. The van der Waals surface area contributed by atoms with Crippen LogP contribution in [0, 0.1) is 0 Å². The molecule has 0 aliphatic carbocycles. The first-order valence-corrected chi connectivity index (χ1v) is 4.91. The van der Waals surface area contributed by atoms with Crippen molar-refractivity contribution >= 4 is 23.1 Å². The van der Waals surface area contributed by atoms with Gasteiger partial charge in [0.25, 0.3) is 0 Å². The largest absolute Gasteiger partial charge is 2.00 e. The van der Waals surface area contributed by atoms with Gasteiger partial charge in [-0.2, -0.15) is 0 Å². The smallest absolute Gasteiger partial charge is 1.00 e. The Morgan fingerprint density at radius 1 is 1.08 bits per heavy atom. The molecule has 1 N–H and O–H groups in total. The Bertz CT molecular complexity index is 104. The Balaban J connectivity index is -0.000000167. The fourth-order valence-electron chi connectivity index (χ4n) is 1.45. The van der Waals surface area contributed by atoms with Gasteiger partial charge in [-0.15, -0.1) is 0 Å². The van der Waals surface area contributed by atoms with Gasteiger partial charge in [-0.25, -0.2) is 0 Å². The molecule has 0 saturated heterocycles. The van der Waals surface area contributed by atoms with Crippen LogP contribution in [0.2, 0.25) is 0 Å². The van der Waals surface area contributed by atoms with Gasteiger partial charge in [0.2, 0.25) is 0 Å². The van der Waals surface area contributed by atoms with E-state index in [1.165, 1.54) is 6.42 Å². The van der Waals surface area contributed by atoms with E-state index in [4.69, 9.17) is 0 Å². The molecule has 1 atom stereocenters. The number of hydrogen-bond donors (Lipinski definition) is 1. The van der Waals surface area contributed by atoms with E-state index in [-0.39, 0.29) is 31.5 Å². The molecule has 0 bridgehead atoms. The van der Waals surface area contributed by atoms with E-state index in [9.17, 15) is 5.11 Å². The standard InChI is InChI=1S/C10H22O.Mg.2H/c1-4-7-9-10(11,6-3)8-5-2;;;/h11H,4-9H2,1-3H3;;;/q;+2;2*-1. The van der Waals surface area contributed by atoms with Gasteiger partial charge >= 0.3 is 23.1 Å². The summed E-state index contributed by atoms with van der Waals surface area (Å²) < 4.78 is 0. The average Bonchev–Trinajstić information content (AvgIpc) is 2.02. The zero-order valence-corrected chi connectivity index (χ0v) is 10.3. The van der Waals surface area contributed by atoms with Crippen LogP contribution in [0.3, 0.4) is 0 Å². The van der Waals surface area contributed by atoms with Crippen LogP contribution in [0.25, 0.3) is 0 Å². The fourth-order valence-corrected chi connectivity index (χ4v) is 1.45. The summed E-state index contributed by atoms with van der Waals surface area (Å²) in [5.41, 5.74) is -0.356. The van der Waals surface area contributed by atoms with Gasteiger partial charge in [-0.05, 0) is 19.3 Å². The summed E-state index contributed by atoms with van der Waals surface area (Å²) in [6.07, 6.45) is 6.28. The van der Waals surface area contributed by atoms with Crippen LogP contribution in [-0.4, -0.2) is 33.8 Å². The first-order valence-electron chi connectivity index (χ1n) is 4.91. The van der Waals surface area contributed by atoms with Gasteiger partial charge in [0.15, 0.2) is 0 Å². The minimum atomic E-state index is -0.356. The van der Waals surface area contributed by atoms with Crippen molar-refractivity contribution in [3.8, 4) is 0 Å². The number of aliphatic hydroxyl groups is 1. The van der Waals surface area contributed by atoms with E-state index in [1.54, 1.807) is 0 Å². The Morgan fingerprint density at radius 2 is 1.67 bits per heavy atom. The summed E-state index contributed by atoms with van der Waals surface area (Å²) in [5, 5.41) is 9.95. The van der Waals surface area contributed by atoms with E-state index in [0.717, 1.165) is 32.1 Å². The third-order valence-electron chi connectivity index (χ3n) is 2.37. The summed E-state index contributed by atoms with van der Waals surface area (Å²) in [5.74, 6) is 0. The average molecular weight is 185 g/mol. The van der Waals surface area contributed by atoms with Crippen LogP contribution < -0.4 is 0 Å². The molecule has 72 valence electrons. The number of hydrogen-bond acceptors (Lipinski definition) is 1. The van der Waals surface area contributed by atoms with Crippen LogP contribution in [0.5, 0.6) is 0 Å². The van der Waals surface area contributed by atoms with E-state index in [1.807, 2.05) is 0 Å². The van der Waals surface area contributed by atoms with Crippen LogP contribution in [0.15, 0.2) is 0 Å². The summed E-state index contributed by atoms with van der Waals surface area (Å²) in [4.78, 5) is 0. The molecular formula is C10H24MgO. The Hall–Kier alpha value is 0.726. The van der Waals surface area contributed by atoms with Crippen molar-refractivity contribution in [2.75, 3.05) is 0 Å². The van der Waals surface area contributed by atoms with Gasteiger partial charge in [0.05, 0.1) is 5.60 Å². The third kappa shape index (κ3) is 6.27. The second-order valence-corrected chi connectivity index (χ2v) is 3.43. The van der Waals surface area contributed by atoms with Gasteiger partial charge in [0, 0.05) is 0 Å².